The summed E-state index contributed by atoms with van der Waals surface area (Å²) in [5.41, 5.74) is 8.76. The van der Waals surface area contributed by atoms with E-state index in [4.69, 9.17) is 5.73 Å². The van der Waals surface area contributed by atoms with Crippen molar-refractivity contribution in [3.05, 3.63) is 35.4 Å². The van der Waals surface area contributed by atoms with E-state index < -0.39 is 0 Å². The van der Waals surface area contributed by atoms with E-state index in [0.717, 1.165) is 12.8 Å². The third-order valence-corrected chi connectivity index (χ3v) is 4.04. The molecule has 0 fully saturated rings. The van der Waals surface area contributed by atoms with E-state index in [1.54, 1.807) is 0 Å². The predicted octanol–water partition coefficient (Wildman–Crippen LogP) is 2.87. The molecule has 0 radical (unpaired) electrons. The topological polar surface area (TPSA) is 49.5 Å². The van der Waals surface area contributed by atoms with E-state index in [2.05, 4.69) is 56.9 Å². The normalized spacial score (nSPS) is 14.8. The number of nitrogens with zero attached hydrogens (tertiary/aromatic N) is 1. The van der Waals surface area contributed by atoms with Crippen molar-refractivity contribution < 1.29 is 5.11 Å². The summed E-state index contributed by atoms with van der Waals surface area (Å²) in [5.74, 6) is 0. The molecule has 2 atom stereocenters. The van der Waals surface area contributed by atoms with E-state index in [0.29, 0.717) is 12.6 Å². The van der Waals surface area contributed by atoms with Gasteiger partial charge in [0.2, 0.25) is 0 Å². The van der Waals surface area contributed by atoms with Crippen LogP contribution in [0.3, 0.4) is 0 Å². The number of hydrogen-bond acceptors (Lipinski definition) is 3. The van der Waals surface area contributed by atoms with Crippen LogP contribution in [-0.2, 0) is 0 Å². The second-order valence-electron chi connectivity index (χ2n) is 5.65. The van der Waals surface area contributed by atoms with Gasteiger partial charge in [0.1, 0.15) is 0 Å². The molecule has 2 unspecified atom stereocenters. The van der Waals surface area contributed by atoms with Crippen LogP contribution in [0.1, 0.15) is 50.8 Å². The summed E-state index contributed by atoms with van der Waals surface area (Å²) in [5, 5.41) is 9.42. The van der Waals surface area contributed by atoms with Crippen LogP contribution in [0, 0.1) is 6.92 Å². The minimum Gasteiger partial charge on any atom is -0.395 e. The first-order valence-corrected chi connectivity index (χ1v) is 7.73. The molecule has 3 N–H and O–H groups in total. The molecule has 0 aliphatic rings. The quantitative estimate of drug-likeness (QED) is 0.769. The molecule has 0 aromatic heterocycles. The molecule has 114 valence electrons. The lowest BCUT2D eigenvalue weighted by atomic mass is 9.95. The summed E-state index contributed by atoms with van der Waals surface area (Å²) in [6, 6.07) is 9.24. The van der Waals surface area contributed by atoms with Crippen LogP contribution in [0.2, 0.25) is 0 Å². The first-order valence-electron chi connectivity index (χ1n) is 7.73. The van der Waals surface area contributed by atoms with Gasteiger partial charge in [-0.25, -0.2) is 0 Å². The van der Waals surface area contributed by atoms with Crippen LogP contribution < -0.4 is 5.73 Å². The molecule has 0 spiro atoms. The molecule has 1 aromatic rings. The fraction of sp³-hybridized carbons (Fsp3) is 0.647. The highest BCUT2D eigenvalue weighted by molar-refractivity contribution is 5.25. The zero-order chi connectivity index (χ0) is 15.1. The van der Waals surface area contributed by atoms with Gasteiger partial charge < -0.3 is 10.8 Å². The number of rotatable bonds is 8. The molecule has 3 heteroatoms. The smallest absolute Gasteiger partial charge is 0.0558 e. The van der Waals surface area contributed by atoms with Crippen LogP contribution in [0.25, 0.3) is 0 Å². The highest BCUT2D eigenvalue weighted by Crippen LogP contribution is 2.27. The second-order valence-corrected chi connectivity index (χ2v) is 5.65. The van der Waals surface area contributed by atoms with E-state index in [9.17, 15) is 5.11 Å². The van der Waals surface area contributed by atoms with Crippen molar-refractivity contribution >= 4 is 0 Å². The maximum Gasteiger partial charge on any atom is 0.0558 e. The Hall–Kier alpha value is -0.900. The SMILES string of the molecule is CCC(CC)N(CCO)C(c1ccc(C)cc1)C(C)N. The zero-order valence-corrected chi connectivity index (χ0v) is 13.3. The van der Waals surface area contributed by atoms with Gasteiger partial charge in [-0.15, -0.1) is 0 Å². The number of benzene rings is 1. The number of aryl methyl sites for hydroxylation is 1. The molecule has 0 aliphatic heterocycles. The van der Waals surface area contributed by atoms with Gasteiger partial charge in [-0.3, -0.25) is 4.90 Å². The Balaban J connectivity index is 3.10. The Labute approximate surface area is 123 Å². The Kier molecular flexibility index (Phi) is 7.20. The lowest BCUT2D eigenvalue weighted by Crippen LogP contribution is -2.46. The van der Waals surface area contributed by atoms with Crippen LogP contribution in [0.4, 0.5) is 0 Å². The van der Waals surface area contributed by atoms with Gasteiger partial charge in [-0.05, 0) is 32.3 Å². The molecule has 20 heavy (non-hydrogen) atoms. The minimum atomic E-state index is 0.0323. The highest BCUT2D eigenvalue weighted by atomic mass is 16.3. The van der Waals surface area contributed by atoms with Crippen molar-refractivity contribution in [3.8, 4) is 0 Å². The average molecular weight is 278 g/mol. The van der Waals surface area contributed by atoms with Gasteiger partial charge in [0.25, 0.3) is 0 Å². The molecule has 1 rings (SSSR count). The molecule has 0 saturated heterocycles. The third kappa shape index (κ3) is 4.30. The highest BCUT2D eigenvalue weighted by Gasteiger charge is 2.28. The fourth-order valence-corrected chi connectivity index (χ4v) is 2.98. The number of aliphatic hydroxyl groups excluding tert-OH is 1. The number of hydrogen-bond donors (Lipinski definition) is 2. The minimum absolute atomic E-state index is 0.0323. The van der Waals surface area contributed by atoms with Crippen LogP contribution in [-0.4, -0.2) is 35.2 Å². The largest absolute Gasteiger partial charge is 0.395 e. The number of aliphatic hydroxyl groups is 1. The van der Waals surface area contributed by atoms with Crippen molar-refractivity contribution in [1.82, 2.24) is 4.90 Å². The van der Waals surface area contributed by atoms with Gasteiger partial charge in [0.15, 0.2) is 0 Å². The monoisotopic (exact) mass is 278 g/mol. The molecular formula is C17H30N2O. The third-order valence-electron chi connectivity index (χ3n) is 4.04. The van der Waals surface area contributed by atoms with Crippen molar-refractivity contribution in [2.75, 3.05) is 13.2 Å². The summed E-state index contributed by atoms with van der Waals surface area (Å²) in [7, 11) is 0. The predicted molar refractivity (Wildman–Crippen MR) is 85.7 cm³/mol. The summed E-state index contributed by atoms with van der Waals surface area (Å²) in [6.45, 7) is 9.39. The standard InChI is InChI=1S/C17H30N2O/c1-5-16(6-2)19(11-12-20)17(14(4)18)15-9-7-13(3)8-10-15/h7-10,14,16-17,20H,5-6,11-12,18H2,1-4H3. The molecular weight excluding hydrogens is 248 g/mol. The van der Waals surface area contributed by atoms with Crippen molar-refractivity contribution in [2.24, 2.45) is 5.73 Å². The average Bonchev–Trinajstić information content (AvgIpc) is 2.42. The van der Waals surface area contributed by atoms with Crippen molar-refractivity contribution in [3.63, 3.8) is 0 Å². The van der Waals surface area contributed by atoms with E-state index in [1.807, 2.05) is 0 Å². The van der Waals surface area contributed by atoms with E-state index in [1.165, 1.54) is 11.1 Å². The Bertz CT molecular complexity index is 371. The second kappa shape index (κ2) is 8.40. The first kappa shape index (κ1) is 17.2. The van der Waals surface area contributed by atoms with Crippen molar-refractivity contribution in [1.29, 1.82) is 0 Å². The lowest BCUT2D eigenvalue weighted by Gasteiger charge is -2.39. The van der Waals surface area contributed by atoms with Gasteiger partial charge >= 0.3 is 0 Å². The molecule has 0 bridgehead atoms. The van der Waals surface area contributed by atoms with E-state index in [-0.39, 0.29) is 18.7 Å². The zero-order valence-electron chi connectivity index (χ0n) is 13.3. The van der Waals surface area contributed by atoms with Crippen LogP contribution in [0.5, 0.6) is 0 Å². The number of nitrogens with two attached hydrogens (primary N) is 1. The Morgan fingerprint density at radius 2 is 1.70 bits per heavy atom. The molecule has 0 amide bonds. The fourth-order valence-electron chi connectivity index (χ4n) is 2.98. The van der Waals surface area contributed by atoms with Crippen LogP contribution in [0.15, 0.2) is 24.3 Å². The lowest BCUT2D eigenvalue weighted by molar-refractivity contribution is 0.0852. The summed E-state index contributed by atoms with van der Waals surface area (Å²) in [4.78, 5) is 2.37. The molecule has 0 aliphatic carbocycles. The summed E-state index contributed by atoms with van der Waals surface area (Å²) < 4.78 is 0. The van der Waals surface area contributed by atoms with Gasteiger partial charge in [-0.1, -0.05) is 43.7 Å². The van der Waals surface area contributed by atoms with Crippen LogP contribution >= 0.6 is 0 Å². The molecule has 1 aromatic carbocycles. The first-order chi connectivity index (χ1) is 9.54. The summed E-state index contributed by atoms with van der Waals surface area (Å²) >= 11 is 0. The summed E-state index contributed by atoms with van der Waals surface area (Å²) in [6.07, 6.45) is 2.15. The molecule has 3 nitrogen and oxygen atoms in total. The van der Waals surface area contributed by atoms with Gasteiger partial charge in [-0.2, -0.15) is 0 Å². The Morgan fingerprint density at radius 3 is 2.10 bits per heavy atom. The van der Waals surface area contributed by atoms with Gasteiger partial charge in [0.05, 0.1) is 6.61 Å². The van der Waals surface area contributed by atoms with Crippen molar-refractivity contribution in [2.45, 2.75) is 58.7 Å². The maximum atomic E-state index is 9.42. The maximum absolute atomic E-state index is 9.42. The Morgan fingerprint density at radius 1 is 1.15 bits per heavy atom. The van der Waals surface area contributed by atoms with Gasteiger partial charge in [0, 0.05) is 24.7 Å². The molecule has 0 saturated carbocycles. The molecule has 0 heterocycles. The van der Waals surface area contributed by atoms with E-state index >= 15 is 0 Å².